The molecule has 5 heteroatoms. The van der Waals surface area contributed by atoms with Gasteiger partial charge in [0.1, 0.15) is 5.82 Å². The first-order valence-corrected chi connectivity index (χ1v) is 6.71. The summed E-state index contributed by atoms with van der Waals surface area (Å²) in [6, 6.07) is 7.63. The fourth-order valence-corrected chi connectivity index (χ4v) is 1.86. The molecular weight excluding hydrogens is 252 g/mol. The number of nitrogens with one attached hydrogen (secondary N) is 2. The van der Waals surface area contributed by atoms with Gasteiger partial charge in [-0.15, -0.1) is 0 Å². The van der Waals surface area contributed by atoms with Crippen LogP contribution in [-0.2, 0) is 11.3 Å². The maximum Gasteiger partial charge on any atom is 0.227 e. The van der Waals surface area contributed by atoms with E-state index in [4.69, 9.17) is 0 Å². The first-order valence-electron chi connectivity index (χ1n) is 6.71. The van der Waals surface area contributed by atoms with Gasteiger partial charge in [0.25, 0.3) is 0 Å². The highest BCUT2D eigenvalue weighted by atomic mass is 16.2. The van der Waals surface area contributed by atoms with E-state index in [2.05, 4.69) is 20.6 Å². The van der Waals surface area contributed by atoms with Crippen molar-refractivity contribution in [2.45, 2.75) is 19.4 Å². The van der Waals surface area contributed by atoms with Crippen LogP contribution in [0.5, 0.6) is 0 Å². The summed E-state index contributed by atoms with van der Waals surface area (Å²) >= 11 is 0. The van der Waals surface area contributed by atoms with Crippen LogP contribution in [0, 0.1) is 5.92 Å². The Bertz CT molecular complexity index is 579. The molecule has 102 valence electrons. The minimum atomic E-state index is 0.0999. The van der Waals surface area contributed by atoms with Gasteiger partial charge in [-0.25, -0.2) is 4.98 Å². The number of aromatic nitrogens is 2. The first-order chi connectivity index (χ1) is 9.81. The Morgan fingerprint density at radius 3 is 2.80 bits per heavy atom. The molecule has 5 nitrogen and oxygen atoms in total. The number of rotatable bonds is 5. The average Bonchev–Trinajstić information content (AvgIpc) is 3.32. The predicted molar refractivity (Wildman–Crippen MR) is 77.2 cm³/mol. The number of hydrogen-bond acceptors (Lipinski definition) is 4. The molecule has 20 heavy (non-hydrogen) atoms. The van der Waals surface area contributed by atoms with E-state index in [9.17, 15) is 4.79 Å². The fourth-order valence-electron chi connectivity index (χ4n) is 1.86. The molecule has 1 fully saturated rings. The molecule has 0 bridgehead atoms. The van der Waals surface area contributed by atoms with Crippen molar-refractivity contribution in [1.82, 2.24) is 9.97 Å². The minimum Gasteiger partial charge on any atom is -0.366 e. The lowest BCUT2D eigenvalue weighted by molar-refractivity contribution is -0.117. The molecule has 0 unspecified atom stereocenters. The molecular formula is C15H16N4O. The van der Waals surface area contributed by atoms with E-state index in [1.54, 1.807) is 12.4 Å². The summed E-state index contributed by atoms with van der Waals surface area (Å²) < 4.78 is 0. The molecule has 1 saturated carbocycles. The molecule has 2 aromatic heterocycles. The number of pyridine rings is 2. The third-order valence-corrected chi connectivity index (χ3v) is 3.18. The Hall–Kier alpha value is -2.43. The number of carbonyl (C=O) groups is 1. The van der Waals surface area contributed by atoms with Crippen molar-refractivity contribution in [3.05, 3.63) is 48.4 Å². The van der Waals surface area contributed by atoms with Gasteiger partial charge < -0.3 is 10.6 Å². The van der Waals surface area contributed by atoms with Crippen molar-refractivity contribution in [2.75, 3.05) is 10.6 Å². The molecule has 2 heterocycles. The van der Waals surface area contributed by atoms with E-state index in [-0.39, 0.29) is 11.8 Å². The molecule has 2 aromatic rings. The maximum absolute atomic E-state index is 11.6. The summed E-state index contributed by atoms with van der Waals surface area (Å²) in [5, 5.41) is 6.08. The monoisotopic (exact) mass is 268 g/mol. The van der Waals surface area contributed by atoms with E-state index in [1.807, 2.05) is 30.5 Å². The molecule has 0 aliphatic heterocycles. The summed E-state index contributed by atoms with van der Waals surface area (Å²) in [6.45, 7) is 0.675. The third kappa shape index (κ3) is 3.32. The van der Waals surface area contributed by atoms with Crippen LogP contribution in [-0.4, -0.2) is 15.9 Å². The highest BCUT2D eigenvalue weighted by Crippen LogP contribution is 2.30. The van der Waals surface area contributed by atoms with E-state index < -0.39 is 0 Å². The van der Waals surface area contributed by atoms with E-state index in [0.29, 0.717) is 6.54 Å². The van der Waals surface area contributed by atoms with Gasteiger partial charge >= 0.3 is 0 Å². The first kappa shape index (κ1) is 12.6. The van der Waals surface area contributed by atoms with Gasteiger partial charge in [-0.05, 0) is 36.6 Å². The molecule has 1 aliphatic rings. The summed E-state index contributed by atoms with van der Waals surface area (Å²) in [7, 11) is 0. The number of amides is 1. The number of carbonyl (C=O) groups excluding carboxylic acids is 1. The summed E-state index contributed by atoms with van der Waals surface area (Å²) in [6.07, 6.45) is 7.25. The number of anilines is 2. The Kier molecular flexibility index (Phi) is 3.58. The van der Waals surface area contributed by atoms with Crippen LogP contribution in [0.25, 0.3) is 0 Å². The van der Waals surface area contributed by atoms with Crippen LogP contribution in [0.1, 0.15) is 18.4 Å². The van der Waals surface area contributed by atoms with Crippen molar-refractivity contribution in [1.29, 1.82) is 0 Å². The quantitative estimate of drug-likeness (QED) is 0.874. The van der Waals surface area contributed by atoms with Gasteiger partial charge in [0.2, 0.25) is 5.91 Å². The largest absolute Gasteiger partial charge is 0.366 e. The minimum absolute atomic E-state index is 0.0999. The van der Waals surface area contributed by atoms with Gasteiger partial charge in [0.05, 0.1) is 11.9 Å². The van der Waals surface area contributed by atoms with Crippen LogP contribution in [0.4, 0.5) is 11.5 Å². The number of nitrogens with zero attached hydrogens (tertiary/aromatic N) is 2. The van der Waals surface area contributed by atoms with Crippen LogP contribution < -0.4 is 10.6 Å². The predicted octanol–water partition coefficient (Wildman–Crippen LogP) is 2.44. The molecule has 0 radical (unpaired) electrons. The summed E-state index contributed by atoms with van der Waals surface area (Å²) in [5.74, 6) is 1.08. The van der Waals surface area contributed by atoms with Crippen molar-refractivity contribution in [3.63, 3.8) is 0 Å². The molecule has 0 aromatic carbocycles. The lowest BCUT2D eigenvalue weighted by atomic mass is 10.3. The topological polar surface area (TPSA) is 66.9 Å². The van der Waals surface area contributed by atoms with Crippen molar-refractivity contribution in [2.24, 2.45) is 5.92 Å². The van der Waals surface area contributed by atoms with Crippen LogP contribution in [0.15, 0.2) is 42.9 Å². The van der Waals surface area contributed by atoms with E-state index in [0.717, 1.165) is 29.9 Å². The van der Waals surface area contributed by atoms with Crippen LogP contribution in [0.3, 0.4) is 0 Å². The van der Waals surface area contributed by atoms with E-state index >= 15 is 0 Å². The smallest absolute Gasteiger partial charge is 0.227 e. The zero-order chi connectivity index (χ0) is 13.8. The Labute approximate surface area is 117 Å². The molecule has 0 atom stereocenters. The Morgan fingerprint density at radius 1 is 1.25 bits per heavy atom. The second-order valence-electron chi connectivity index (χ2n) is 4.91. The molecule has 2 N–H and O–H groups in total. The van der Waals surface area contributed by atoms with Gasteiger partial charge in [-0.3, -0.25) is 9.78 Å². The molecule has 0 saturated heterocycles. The van der Waals surface area contributed by atoms with Crippen LogP contribution >= 0.6 is 0 Å². The molecule has 1 aliphatic carbocycles. The lowest BCUT2D eigenvalue weighted by Gasteiger charge is -2.07. The number of hydrogen-bond donors (Lipinski definition) is 2. The SMILES string of the molecule is O=C(Nc1ccc(NCc2cccnc2)nc1)C1CC1. The molecule has 3 rings (SSSR count). The fraction of sp³-hybridized carbons (Fsp3) is 0.267. The van der Waals surface area contributed by atoms with Crippen molar-refractivity contribution < 1.29 is 4.79 Å². The average molecular weight is 268 g/mol. The highest BCUT2D eigenvalue weighted by Gasteiger charge is 2.29. The van der Waals surface area contributed by atoms with Gasteiger partial charge in [-0.2, -0.15) is 0 Å². The second-order valence-corrected chi connectivity index (χ2v) is 4.91. The van der Waals surface area contributed by atoms with Crippen molar-refractivity contribution >= 4 is 17.4 Å². The Morgan fingerprint density at radius 2 is 2.15 bits per heavy atom. The summed E-state index contributed by atoms with van der Waals surface area (Å²) in [5.41, 5.74) is 1.84. The zero-order valence-corrected chi connectivity index (χ0v) is 11.0. The maximum atomic E-state index is 11.6. The van der Waals surface area contributed by atoms with Gasteiger partial charge in [0.15, 0.2) is 0 Å². The highest BCUT2D eigenvalue weighted by molar-refractivity contribution is 5.93. The van der Waals surface area contributed by atoms with Gasteiger partial charge in [0, 0.05) is 24.9 Å². The van der Waals surface area contributed by atoms with Gasteiger partial charge in [-0.1, -0.05) is 6.07 Å². The summed E-state index contributed by atoms with van der Waals surface area (Å²) in [4.78, 5) is 19.9. The molecule has 1 amide bonds. The second kappa shape index (κ2) is 5.69. The van der Waals surface area contributed by atoms with E-state index in [1.165, 1.54) is 0 Å². The van der Waals surface area contributed by atoms with Crippen molar-refractivity contribution in [3.8, 4) is 0 Å². The van der Waals surface area contributed by atoms with Crippen LogP contribution in [0.2, 0.25) is 0 Å². The lowest BCUT2D eigenvalue weighted by Crippen LogP contribution is -2.13. The zero-order valence-electron chi connectivity index (χ0n) is 11.0. The third-order valence-electron chi connectivity index (χ3n) is 3.18. The molecule has 0 spiro atoms. The normalized spacial score (nSPS) is 13.8. The Balaban J connectivity index is 1.54. The standard InChI is InChI=1S/C15H16N4O/c20-15(12-3-4-12)19-13-5-6-14(18-10-13)17-9-11-2-1-7-16-8-11/h1-2,5-8,10,12H,3-4,9H2,(H,17,18)(H,19,20).